The summed E-state index contributed by atoms with van der Waals surface area (Å²) in [6.07, 6.45) is 2.39. The lowest BCUT2D eigenvalue weighted by molar-refractivity contribution is 0.0321. The molecule has 1 atom stereocenters. The number of hydrogen-bond donors (Lipinski definition) is 0. The van der Waals surface area contributed by atoms with Gasteiger partial charge in [-0.25, -0.2) is 4.39 Å². The highest BCUT2D eigenvalue weighted by molar-refractivity contribution is 6.33. The van der Waals surface area contributed by atoms with E-state index < -0.39 is 0 Å². The van der Waals surface area contributed by atoms with E-state index >= 15 is 0 Å². The molecule has 0 saturated carbocycles. The van der Waals surface area contributed by atoms with E-state index in [2.05, 4.69) is 11.8 Å². The Morgan fingerprint density at radius 3 is 2.50 bits per heavy atom. The molecule has 0 amide bonds. The topological polar surface area (TPSA) is 48.0 Å². The predicted octanol–water partition coefficient (Wildman–Crippen LogP) is 5.84. The molecule has 2 aromatic carbocycles. The molecule has 5 nitrogen and oxygen atoms in total. The Kier molecular flexibility index (Phi) is 9.74. The number of ketones is 1. The first-order valence-corrected chi connectivity index (χ1v) is 12.3. The number of methoxy groups -OCH3 is 1. The summed E-state index contributed by atoms with van der Waals surface area (Å²) in [4.78, 5) is 14.9. The molecule has 0 radical (unpaired) electrons. The average molecular weight is 492 g/mol. The van der Waals surface area contributed by atoms with E-state index in [1.807, 2.05) is 19.1 Å². The van der Waals surface area contributed by atoms with Crippen LogP contribution in [0.2, 0.25) is 5.02 Å². The van der Waals surface area contributed by atoms with Gasteiger partial charge in [0.1, 0.15) is 23.9 Å². The van der Waals surface area contributed by atoms with Crippen molar-refractivity contribution in [3.63, 3.8) is 0 Å². The molecule has 186 valence electrons. The van der Waals surface area contributed by atoms with Gasteiger partial charge in [-0.1, -0.05) is 30.7 Å². The van der Waals surface area contributed by atoms with Crippen LogP contribution in [0.5, 0.6) is 11.5 Å². The Morgan fingerprint density at radius 2 is 1.88 bits per heavy atom. The van der Waals surface area contributed by atoms with E-state index in [4.69, 9.17) is 25.8 Å². The van der Waals surface area contributed by atoms with Crippen molar-refractivity contribution in [3.8, 4) is 11.5 Å². The number of rotatable bonds is 11. The van der Waals surface area contributed by atoms with Crippen LogP contribution in [0.3, 0.4) is 0 Å². The number of Topliss-reactive ketones (excluding diaryl/α,β-unsaturated/α-hetero) is 1. The fraction of sp³-hybridized carbons (Fsp3) is 0.519. The first kappa shape index (κ1) is 26.5. The van der Waals surface area contributed by atoms with Crippen molar-refractivity contribution in [3.05, 3.63) is 57.4 Å². The third kappa shape index (κ3) is 6.49. The zero-order valence-corrected chi connectivity index (χ0v) is 21.3. The van der Waals surface area contributed by atoms with Gasteiger partial charge in [0, 0.05) is 25.2 Å². The van der Waals surface area contributed by atoms with Gasteiger partial charge < -0.3 is 14.2 Å². The Labute approximate surface area is 207 Å². The molecule has 1 unspecified atom stereocenters. The van der Waals surface area contributed by atoms with Gasteiger partial charge in [-0.3, -0.25) is 9.69 Å². The number of carbonyl (C=O) groups excluding carboxylic acids is 1. The number of halogens is 2. The SMILES string of the molecule is COc1c(Cl)c(C)c(C(C)=O)c(OCCN2CCOCC2)c1CCCC(C)c1ccc(F)cc1. The van der Waals surface area contributed by atoms with E-state index in [0.29, 0.717) is 40.7 Å². The van der Waals surface area contributed by atoms with Crippen LogP contribution in [-0.4, -0.2) is 57.2 Å². The van der Waals surface area contributed by atoms with E-state index in [9.17, 15) is 9.18 Å². The molecule has 1 aliphatic heterocycles. The molecule has 1 aliphatic rings. The number of morpholine rings is 1. The molecule has 0 spiro atoms. The van der Waals surface area contributed by atoms with Crippen LogP contribution in [0.15, 0.2) is 24.3 Å². The Morgan fingerprint density at radius 1 is 1.21 bits per heavy atom. The number of nitrogens with zero attached hydrogens (tertiary/aromatic N) is 1. The normalized spacial score (nSPS) is 15.2. The summed E-state index contributed by atoms with van der Waals surface area (Å²) in [5.74, 6) is 1.11. The van der Waals surface area contributed by atoms with E-state index in [0.717, 1.165) is 56.8 Å². The van der Waals surface area contributed by atoms with Crippen molar-refractivity contribution in [2.75, 3.05) is 46.6 Å². The van der Waals surface area contributed by atoms with Gasteiger partial charge in [-0.15, -0.1) is 0 Å². The molecular formula is C27H35ClFNO4. The Bertz CT molecular complexity index is 974. The predicted molar refractivity (Wildman–Crippen MR) is 133 cm³/mol. The summed E-state index contributed by atoms with van der Waals surface area (Å²) in [5.41, 5.74) is 3.13. The van der Waals surface area contributed by atoms with Gasteiger partial charge >= 0.3 is 0 Å². The molecule has 7 heteroatoms. The largest absolute Gasteiger partial charge is 0.495 e. The number of ether oxygens (including phenoxy) is 3. The van der Waals surface area contributed by atoms with Crippen molar-refractivity contribution >= 4 is 17.4 Å². The van der Waals surface area contributed by atoms with Gasteiger partial charge in [0.2, 0.25) is 0 Å². The highest BCUT2D eigenvalue weighted by Crippen LogP contribution is 2.43. The Hall–Kier alpha value is -2.15. The summed E-state index contributed by atoms with van der Waals surface area (Å²) in [6.45, 7) is 9.92. The molecule has 1 saturated heterocycles. The van der Waals surface area contributed by atoms with Crippen molar-refractivity contribution in [1.82, 2.24) is 4.90 Å². The van der Waals surface area contributed by atoms with E-state index in [-0.39, 0.29) is 17.5 Å². The maximum Gasteiger partial charge on any atom is 0.163 e. The molecule has 0 bridgehead atoms. The van der Waals surface area contributed by atoms with Gasteiger partial charge in [0.05, 0.1) is 30.9 Å². The standard InChI is InChI=1S/C27H35ClFNO4/c1-18(21-8-10-22(29)11-9-21)6-5-7-23-26(34-17-14-30-12-15-33-16-13-30)24(20(3)31)19(2)25(28)27(23)32-4/h8-11,18H,5-7,12-17H2,1-4H3. The summed E-state index contributed by atoms with van der Waals surface area (Å²) in [6, 6.07) is 6.65. The molecule has 1 heterocycles. The number of benzene rings is 2. The monoisotopic (exact) mass is 491 g/mol. The Balaban J connectivity index is 1.80. The molecule has 0 aliphatic carbocycles. The zero-order chi connectivity index (χ0) is 24.7. The number of carbonyl (C=O) groups is 1. The lowest BCUT2D eigenvalue weighted by Gasteiger charge is -2.27. The van der Waals surface area contributed by atoms with Gasteiger partial charge in [0.15, 0.2) is 5.78 Å². The van der Waals surface area contributed by atoms with Crippen molar-refractivity contribution in [2.45, 2.75) is 46.0 Å². The first-order chi connectivity index (χ1) is 16.3. The van der Waals surface area contributed by atoms with Crippen LogP contribution in [0.4, 0.5) is 4.39 Å². The summed E-state index contributed by atoms with van der Waals surface area (Å²) in [5, 5.41) is 0.454. The minimum Gasteiger partial charge on any atom is -0.495 e. The van der Waals surface area contributed by atoms with Crippen LogP contribution in [0, 0.1) is 12.7 Å². The lowest BCUT2D eigenvalue weighted by Crippen LogP contribution is -2.38. The second-order valence-electron chi connectivity index (χ2n) is 8.86. The zero-order valence-electron chi connectivity index (χ0n) is 20.6. The quantitative estimate of drug-likeness (QED) is 0.370. The summed E-state index contributed by atoms with van der Waals surface area (Å²) in [7, 11) is 1.59. The molecule has 0 N–H and O–H groups in total. The van der Waals surface area contributed by atoms with E-state index in [1.54, 1.807) is 14.0 Å². The fourth-order valence-corrected chi connectivity index (χ4v) is 4.79. The number of hydrogen-bond acceptors (Lipinski definition) is 5. The maximum atomic E-state index is 13.3. The third-order valence-corrected chi connectivity index (χ3v) is 6.95. The molecule has 34 heavy (non-hydrogen) atoms. The van der Waals surface area contributed by atoms with Crippen molar-refractivity contribution in [2.24, 2.45) is 0 Å². The van der Waals surface area contributed by atoms with Crippen LogP contribution in [-0.2, 0) is 11.2 Å². The van der Waals surface area contributed by atoms with Crippen LogP contribution < -0.4 is 9.47 Å². The maximum absolute atomic E-state index is 13.3. The third-order valence-electron chi connectivity index (χ3n) is 6.50. The first-order valence-electron chi connectivity index (χ1n) is 11.9. The highest BCUT2D eigenvalue weighted by Gasteiger charge is 2.25. The second kappa shape index (κ2) is 12.5. The average Bonchev–Trinajstić information content (AvgIpc) is 2.82. The second-order valence-corrected chi connectivity index (χ2v) is 9.24. The van der Waals surface area contributed by atoms with E-state index in [1.165, 1.54) is 12.1 Å². The summed E-state index contributed by atoms with van der Waals surface area (Å²) < 4.78 is 30.7. The molecule has 2 aromatic rings. The van der Waals surface area contributed by atoms with Gasteiger partial charge in [-0.05, 0) is 62.3 Å². The van der Waals surface area contributed by atoms with Crippen LogP contribution >= 0.6 is 11.6 Å². The van der Waals surface area contributed by atoms with Gasteiger partial charge in [0.25, 0.3) is 0 Å². The van der Waals surface area contributed by atoms with Crippen LogP contribution in [0.1, 0.15) is 59.7 Å². The van der Waals surface area contributed by atoms with Gasteiger partial charge in [-0.2, -0.15) is 0 Å². The summed E-state index contributed by atoms with van der Waals surface area (Å²) >= 11 is 6.64. The molecule has 3 rings (SSSR count). The molecule has 1 fully saturated rings. The fourth-order valence-electron chi connectivity index (χ4n) is 4.50. The van der Waals surface area contributed by atoms with Crippen LogP contribution in [0.25, 0.3) is 0 Å². The highest BCUT2D eigenvalue weighted by atomic mass is 35.5. The minimum atomic E-state index is -0.231. The molecular weight excluding hydrogens is 457 g/mol. The van der Waals surface area contributed by atoms with Crippen molar-refractivity contribution in [1.29, 1.82) is 0 Å². The molecule has 0 aromatic heterocycles. The lowest BCUT2D eigenvalue weighted by atomic mass is 9.92. The van der Waals surface area contributed by atoms with Crippen molar-refractivity contribution < 1.29 is 23.4 Å². The smallest absolute Gasteiger partial charge is 0.163 e. The minimum absolute atomic E-state index is 0.0793.